The molecule has 0 radical (unpaired) electrons. The van der Waals surface area contributed by atoms with Crippen LogP contribution in [0.15, 0.2) is 24.3 Å². The van der Waals surface area contributed by atoms with Gasteiger partial charge in [0, 0.05) is 23.5 Å². The third kappa shape index (κ3) is 3.05. The summed E-state index contributed by atoms with van der Waals surface area (Å²) in [5.41, 5.74) is 2.02. The van der Waals surface area contributed by atoms with Gasteiger partial charge in [-0.05, 0) is 19.9 Å². The molecule has 2 N–H and O–H groups in total. The van der Waals surface area contributed by atoms with Gasteiger partial charge in [0.25, 0.3) is 0 Å². The third-order valence-corrected chi connectivity index (χ3v) is 3.73. The van der Waals surface area contributed by atoms with E-state index in [2.05, 4.69) is 17.2 Å². The lowest BCUT2D eigenvalue weighted by atomic mass is 10.2. The van der Waals surface area contributed by atoms with E-state index in [1.54, 1.807) is 17.4 Å². The van der Waals surface area contributed by atoms with Crippen molar-refractivity contribution in [2.24, 2.45) is 0 Å². The SMILES string of the molecule is Cc1nc(CNCc2ccccc2O)sc1C. The smallest absolute Gasteiger partial charge is 0.120 e. The van der Waals surface area contributed by atoms with Gasteiger partial charge in [0.15, 0.2) is 0 Å². The maximum atomic E-state index is 9.60. The van der Waals surface area contributed by atoms with E-state index in [4.69, 9.17) is 0 Å². The number of benzene rings is 1. The summed E-state index contributed by atoms with van der Waals surface area (Å²) >= 11 is 1.72. The van der Waals surface area contributed by atoms with E-state index < -0.39 is 0 Å². The topological polar surface area (TPSA) is 45.2 Å². The highest BCUT2D eigenvalue weighted by molar-refractivity contribution is 7.11. The van der Waals surface area contributed by atoms with Gasteiger partial charge >= 0.3 is 0 Å². The number of nitrogens with zero attached hydrogens (tertiary/aromatic N) is 1. The molecule has 0 atom stereocenters. The molecule has 0 spiro atoms. The first-order chi connectivity index (χ1) is 8.16. The van der Waals surface area contributed by atoms with Gasteiger partial charge in [-0.1, -0.05) is 18.2 Å². The summed E-state index contributed by atoms with van der Waals surface area (Å²) in [7, 11) is 0. The lowest BCUT2D eigenvalue weighted by Crippen LogP contribution is -2.12. The number of aromatic hydroxyl groups is 1. The molecule has 0 amide bonds. The van der Waals surface area contributed by atoms with Crippen LogP contribution in [0.1, 0.15) is 21.1 Å². The van der Waals surface area contributed by atoms with Crippen LogP contribution in [0.25, 0.3) is 0 Å². The van der Waals surface area contributed by atoms with E-state index in [1.165, 1.54) is 4.88 Å². The molecule has 1 heterocycles. The van der Waals surface area contributed by atoms with Gasteiger partial charge in [0.1, 0.15) is 10.8 Å². The molecule has 0 saturated carbocycles. The lowest BCUT2D eigenvalue weighted by Gasteiger charge is -2.04. The van der Waals surface area contributed by atoms with Crippen molar-refractivity contribution in [1.82, 2.24) is 10.3 Å². The summed E-state index contributed by atoms with van der Waals surface area (Å²) in [6, 6.07) is 7.37. The molecule has 0 unspecified atom stereocenters. The van der Waals surface area contributed by atoms with E-state index in [-0.39, 0.29) is 0 Å². The molecule has 4 heteroatoms. The van der Waals surface area contributed by atoms with Crippen LogP contribution < -0.4 is 5.32 Å². The Morgan fingerprint density at radius 1 is 1.24 bits per heavy atom. The Morgan fingerprint density at radius 2 is 2.00 bits per heavy atom. The fourth-order valence-electron chi connectivity index (χ4n) is 1.58. The minimum Gasteiger partial charge on any atom is -0.508 e. The van der Waals surface area contributed by atoms with Gasteiger partial charge in [-0.2, -0.15) is 0 Å². The summed E-state index contributed by atoms with van der Waals surface area (Å²) < 4.78 is 0. The molecule has 3 nitrogen and oxygen atoms in total. The second-order valence-electron chi connectivity index (χ2n) is 3.98. The van der Waals surface area contributed by atoms with Crippen molar-refractivity contribution in [1.29, 1.82) is 0 Å². The van der Waals surface area contributed by atoms with Crippen LogP contribution in [-0.2, 0) is 13.1 Å². The van der Waals surface area contributed by atoms with E-state index in [1.807, 2.05) is 25.1 Å². The second kappa shape index (κ2) is 5.29. The predicted octanol–water partition coefficient (Wildman–Crippen LogP) is 2.76. The van der Waals surface area contributed by atoms with Crippen LogP contribution >= 0.6 is 11.3 Å². The summed E-state index contributed by atoms with van der Waals surface area (Å²) in [5, 5.41) is 14.0. The molecule has 0 aliphatic carbocycles. The minimum atomic E-state index is 0.339. The number of nitrogens with one attached hydrogen (secondary N) is 1. The average Bonchev–Trinajstić information content (AvgIpc) is 2.61. The molecule has 0 saturated heterocycles. The first kappa shape index (κ1) is 12.1. The van der Waals surface area contributed by atoms with Crippen molar-refractivity contribution in [3.8, 4) is 5.75 Å². The molecule has 90 valence electrons. The molecular weight excluding hydrogens is 232 g/mol. The first-order valence-electron chi connectivity index (χ1n) is 5.57. The number of rotatable bonds is 4. The quantitative estimate of drug-likeness (QED) is 0.874. The highest BCUT2D eigenvalue weighted by atomic mass is 32.1. The molecule has 0 aliphatic heterocycles. The van der Waals surface area contributed by atoms with Crippen molar-refractivity contribution in [2.75, 3.05) is 0 Å². The van der Waals surface area contributed by atoms with Crippen LogP contribution in [0.3, 0.4) is 0 Å². The van der Waals surface area contributed by atoms with Crippen LogP contribution in [0.4, 0.5) is 0 Å². The molecular formula is C13H16N2OS. The van der Waals surface area contributed by atoms with Crippen molar-refractivity contribution in [3.05, 3.63) is 45.4 Å². The standard InChI is InChI=1S/C13H16N2OS/c1-9-10(2)17-13(15-9)8-14-7-11-5-3-4-6-12(11)16/h3-6,14,16H,7-8H2,1-2H3. The Balaban J connectivity index is 1.90. The third-order valence-electron chi connectivity index (χ3n) is 2.66. The number of aromatic nitrogens is 1. The van der Waals surface area contributed by atoms with Crippen molar-refractivity contribution in [2.45, 2.75) is 26.9 Å². The van der Waals surface area contributed by atoms with Crippen molar-refractivity contribution in [3.63, 3.8) is 0 Å². The van der Waals surface area contributed by atoms with Crippen molar-refractivity contribution < 1.29 is 5.11 Å². The lowest BCUT2D eigenvalue weighted by molar-refractivity contribution is 0.464. The van der Waals surface area contributed by atoms with E-state index >= 15 is 0 Å². The molecule has 0 aliphatic rings. The van der Waals surface area contributed by atoms with E-state index in [0.717, 1.165) is 22.8 Å². The van der Waals surface area contributed by atoms with Crippen LogP contribution in [0, 0.1) is 13.8 Å². The molecule has 1 aromatic carbocycles. The fraction of sp³-hybridized carbons (Fsp3) is 0.308. The zero-order valence-corrected chi connectivity index (χ0v) is 10.8. The van der Waals surface area contributed by atoms with E-state index in [9.17, 15) is 5.11 Å². The number of aryl methyl sites for hydroxylation is 2. The van der Waals surface area contributed by atoms with Gasteiger partial charge in [-0.25, -0.2) is 4.98 Å². The first-order valence-corrected chi connectivity index (χ1v) is 6.39. The summed E-state index contributed by atoms with van der Waals surface area (Å²) in [5.74, 6) is 0.339. The molecule has 1 aromatic heterocycles. The van der Waals surface area contributed by atoms with Crippen LogP contribution in [-0.4, -0.2) is 10.1 Å². The van der Waals surface area contributed by atoms with E-state index in [0.29, 0.717) is 12.3 Å². The Hall–Kier alpha value is -1.39. The normalized spacial score (nSPS) is 10.7. The van der Waals surface area contributed by atoms with Crippen LogP contribution in [0.2, 0.25) is 0 Å². The zero-order valence-electron chi connectivity index (χ0n) is 10.0. The summed E-state index contributed by atoms with van der Waals surface area (Å²) in [4.78, 5) is 5.73. The monoisotopic (exact) mass is 248 g/mol. The Bertz CT molecular complexity index is 488. The number of hydrogen-bond acceptors (Lipinski definition) is 4. The Kier molecular flexibility index (Phi) is 3.76. The number of phenols is 1. The number of phenolic OH excluding ortho intramolecular Hbond substituents is 1. The minimum absolute atomic E-state index is 0.339. The van der Waals surface area contributed by atoms with Gasteiger partial charge in [0.05, 0.1) is 5.69 Å². The number of thiazole rings is 1. The number of hydrogen-bond donors (Lipinski definition) is 2. The molecule has 2 rings (SSSR count). The van der Waals surface area contributed by atoms with Crippen molar-refractivity contribution >= 4 is 11.3 Å². The van der Waals surface area contributed by atoms with Gasteiger partial charge < -0.3 is 10.4 Å². The second-order valence-corrected chi connectivity index (χ2v) is 5.27. The molecule has 17 heavy (non-hydrogen) atoms. The molecule has 0 fully saturated rings. The summed E-state index contributed by atoms with van der Waals surface area (Å²) in [6.45, 7) is 5.51. The highest BCUT2D eigenvalue weighted by Crippen LogP contribution is 2.17. The summed E-state index contributed by atoms with van der Waals surface area (Å²) in [6.07, 6.45) is 0. The van der Waals surface area contributed by atoms with Crippen LogP contribution in [0.5, 0.6) is 5.75 Å². The Morgan fingerprint density at radius 3 is 2.65 bits per heavy atom. The van der Waals surface area contributed by atoms with Gasteiger partial charge in [-0.15, -0.1) is 11.3 Å². The Labute approximate surface area is 105 Å². The largest absolute Gasteiger partial charge is 0.508 e. The highest BCUT2D eigenvalue weighted by Gasteiger charge is 2.04. The van der Waals surface area contributed by atoms with Gasteiger partial charge in [0.2, 0.25) is 0 Å². The molecule has 2 aromatic rings. The zero-order chi connectivity index (χ0) is 12.3. The predicted molar refractivity (Wildman–Crippen MR) is 70.2 cm³/mol. The average molecular weight is 248 g/mol. The molecule has 0 bridgehead atoms. The maximum Gasteiger partial charge on any atom is 0.120 e. The number of para-hydroxylation sites is 1. The maximum absolute atomic E-state index is 9.60. The van der Waals surface area contributed by atoms with Gasteiger partial charge in [-0.3, -0.25) is 0 Å². The fourth-order valence-corrected chi connectivity index (χ4v) is 2.48.